The Balaban J connectivity index is 2.01. The van der Waals surface area contributed by atoms with Gasteiger partial charge in [-0.25, -0.2) is 4.79 Å². The van der Waals surface area contributed by atoms with Crippen molar-refractivity contribution in [3.05, 3.63) is 11.6 Å². The number of epoxide rings is 1. The van der Waals surface area contributed by atoms with Crippen LogP contribution < -0.4 is 5.32 Å². The molecule has 0 aromatic heterocycles. The Morgan fingerprint density at radius 3 is 2.62 bits per heavy atom. The lowest BCUT2D eigenvalue weighted by molar-refractivity contribution is -0.125. The zero-order valence-electron chi connectivity index (χ0n) is 13.3. The first-order chi connectivity index (χ1) is 9.70. The number of rotatable bonds is 5. The van der Waals surface area contributed by atoms with Gasteiger partial charge < -0.3 is 14.8 Å². The molecule has 0 radical (unpaired) electrons. The van der Waals surface area contributed by atoms with Gasteiger partial charge in [-0.15, -0.1) is 0 Å². The Labute approximate surface area is 126 Å². The highest BCUT2D eigenvalue weighted by Gasteiger charge is 2.50. The van der Waals surface area contributed by atoms with Gasteiger partial charge in [0, 0.05) is 0 Å². The van der Waals surface area contributed by atoms with Crippen molar-refractivity contribution in [3.8, 4) is 0 Å². The molecule has 5 nitrogen and oxygen atoms in total. The Hall–Kier alpha value is -1.36. The summed E-state index contributed by atoms with van der Waals surface area (Å²) >= 11 is 0. The molecule has 1 aliphatic heterocycles. The van der Waals surface area contributed by atoms with E-state index in [1.54, 1.807) is 27.7 Å². The van der Waals surface area contributed by atoms with Gasteiger partial charge in [0.05, 0.1) is 12.6 Å². The van der Waals surface area contributed by atoms with Gasteiger partial charge in [0.1, 0.15) is 11.2 Å². The average Bonchev–Trinajstić information content (AvgIpc) is 2.88. The van der Waals surface area contributed by atoms with Gasteiger partial charge >= 0.3 is 6.09 Å². The summed E-state index contributed by atoms with van der Waals surface area (Å²) in [7, 11) is 0. The summed E-state index contributed by atoms with van der Waals surface area (Å²) in [5.74, 6) is -0.0684. The SMILES string of the molecule is CC(C)(C)OC(=O)N[C@@H](CC1=CCCC1)C(=O)[C@@]1(C)CO1. The number of alkyl carbamates (subject to hydrolysis) is 1. The summed E-state index contributed by atoms with van der Waals surface area (Å²) in [5, 5.41) is 2.72. The van der Waals surface area contributed by atoms with Crippen molar-refractivity contribution in [1.29, 1.82) is 0 Å². The van der Waals surface area contributed by atoms with E-state index in [-0.39, 0.29) is 5.78 Å². The van der Waals surface area contributed by atoms with E-state index in [2.05, 4.69) is 11.4 Å². The zero-order valence-corrected chi connectivity index (χ0v) is 13.3. The number of Topliss-reactive ketones (excluding diaryl/α,β-unsaturated/α-hetero) is 1. The van der Waals surface area contributed by atoms with Crippen LogP contribution in [0, 0.1) is 0 Å². The third-order valence-corrected chi connectivity index (χ3v) is 3.71. The van der Waals surface area contributed by atoms with Gasteiger partial charge in [0.25, 0.3) is 0 Å². The van der Waals surface area contributed by atoms with Crippen LogP contribution in [0.2, 0.25) is 0 Å². The topological polar surface area (TPSA) is 67.9 Å². The molecule has 1 amide bonds. The van der Waals surface area contributed by atoms with Crippen LogP contribution in [0.15, 0.2) is 11.6 Å². The molecule has 2 atom stereocenters. The van der Waals surface area contributed by atoms with Gasteiger partial charge in [-0.3, -0.25) is 4.79 Å². The van der Waals surface area contributed by atoms with E-state index in [0.717, 1.165) is 19.3 Å². The Morgan fingerprint density at radius 1 is 1.48 bits per heavy atom. The van der Waals surface area contributed by atoms with Crippen LogP contribution in [-0.4, -0.2) is 35.7 Å². The van der Waals surface area contributed by atoms with Crippen LogP contribution in [-0.2, 0) is 14.3 Å². The first-order valence-electron chi connectivity index (χ1n) is 7.55. The van der Waals surface area contributed by atoms with Gasteiger partial charge in [0.15, 0.2) is 5.78 Å². The highest BCUT2D eigenvalue weighted by molar-refractivity contribution is 5.96. The summed E-state index contributed by atoms with van der Waals surface area (Å²) < 4.78 is 10.5. The van der Waals surface area contributed by atoms with Crippen molar-refractivity contribution < 1.29 is 19.1 Å². The van der Waals surface area contributed by atoms with Gasteiger partial charge in [-0.1, -0.05) is 11.6 Å². The fourth-order valence-corrected chi connectivity index (χ4v) is 2.46. The van der Waals surface area contributed by atoms with E-state index >= 15 is 0 Å². The van der Waals surface area contributed by atoms with E-state index in [9.17, 15) is 9.59 Å². The largest absolute Gasteiger partial charge is 0.444 e. The number of nitrogens with one attached hydrogen (secondary N) is 1. The van der Waals surface area contributed by atoms with Crippen molar-refractivity contribution in [3.63, 3.8) is 0 Å². The number of hydrogen-bond donors (Lipinski definition) is 1. The summed E-state index contributed by atoms with van der Waals surface area (Å²) in [6, 6.07) is -0.573. The molecular weight excluding hydrogens is 270 g/mol. The van der Waals surface area contributed by atoms with E-state index in [0.29, 0.717) is 13.0 Å². The molecular formula is C16H25NO4. The lowest BCUT2D eigenvalue weighted by Gasteiger charge is -2.24. The minimum Gasteiger partial charge on any atom is -0.444 e. The molecule has 1 heterocycles. The van der Waals surface area contributed by atoms with Crippen LogP contribution in [0.3, 0.4) is 0 Å². The highest BCUT2D eigenvalue weighted by atomic mass is 16.6. The molecule has 0 saturated carbocycles. The van der Waals surface area contributed by atoms with Crippen LogP contribution >= 0.6 is 0 Å². The second kappa shape index (κ2) is 5.79. The maximum absolute atomic E-state index is 12.5. The van der Waals surface area contributed by atoms with Gasteiger partial charge in [-0.05, 0) is 53.4 Å². The quantitative estimate of drug-likeness (QED) is 0.625. The Kier molecular flexibility index (Phi) is 4.42. The predicted octanol–water partition coefficient (Wildman–Crippen LogP) is 2.74. The third kappa shape index (κ3) is 4.56. The summed E-state index contributed by atoms with van der Waals surface area (Å²) in [4.78, 5) is 24.4. The summed E-state index contributed by atoms with van der Waals surface area (Å²) in [6.45, 7) is 7.59. The first kappa shape index (κ1) is 16.0. The van der Waals surface area contributed by atoms with Crippen molar-refractivity contribution in [1.82, 2.24) is 5.32 Å². The molecule has 5 heteroatoms. The molecule has 0 spiro atoms. The second-order valence-electron chi connectivity index (χ2n) is 7.04. The van der Waals surface area contributed by atoms with Crippen molar-refractivity contribution >= 4 is 11.9 Å². The minimum atomic E-state index is -0.737. The molecule has 0 aromatic rings. The zero-order chi connectivity index (χ0) is 15.7. The van der Waals surface area contributed by atoms with E-state index in [4.69, 9.17) is 9.47 Å². The predicted molar refractivity (Wildman–Crippen MR) is 79.1 cm³/mol. The second-order valence-corrected chi connectivity index (χ2v) is 7.04. The summed E-state index contributed by atoms with van der Waals surface area (Å²) in [6.07, 6.45) is 5.33. The number of hydrogen-bond acceptors (Lipinski definition) is 4. The average molecular weight is 295 g/mol. The fraction of sp³-hybridized carbons (Fsp3) is 0.750. The number of ether oxygens (including phenoxy) is 2. The monoisotopic (exact) mass is 295 g/mol. The number of amides is 1. The molecule has 0 aromatic carbocycles. The molecule has 1 aliphatic carbocycles. The molecule has 1 saturated heterocycles. The number of carbonyl (C=O) groups excluding carboxylic acids is 2. The number of ketones is 1. The van der Waals surface area contributed by atoms with Crippen molar-refractivity contribution in [2.24, 2.45) is 0 Å². The molecule has 2 aliphatic rings. The smallest absolute Gasteiger partial charge is 0.408 e. The first-order valence-corrected chi connectivity index (χ1v) is 7.55. The molecule has 0 unspecified atom stereocenters. The summed E-state index contributed by atoms with van der Waals surface area (Å²) in [5.41, 5.74) is -0.0861. The van der Waals surface area contributed by atoms with E-state index in [1.165, 1.54) is 5.57 Å². The van der Waals surface area contributed by atoms with E-state index < -0.39 is 23.3 Å². The minimum absolute atomic E-state index is 0.0684. The molecule has 118 valence electrons. The van der Waals surface area contributed by atoms with Crippen LogP contribution in [0.1, 0.15) is 53.4 Å². The van der Waals surface area contributed by atoms with Gasteiger partial charge in [-0.2, -0.15) is 0 Å². The number of carbonyl (C=O) groups is 2. The lowest BCUT2D eigenvalue weighted by Crippen LogP contribution is -2.47. The van der Waals surface area contributed by atoms with Crippen LogP contribution in [0.25, 0.3) is 0 Å². The number of allylic oxidation sites excluding steroid dienone is 1. The third-order valence-electron chi connectivity index (χ3n) is 3.71. The molecule has 1 fully saturated rings. The lowest BCUT2D eigenvalue weighted by atomic mass is 9.95. The van der Waals surface area contributed by atoms with Crippen LogP contribution in [0.4, 0.5) is 4.79 Å². The van der Waals surface area contributed by atoms with E-state index in [1.807, 2.05) is 0 Å². The molecule has 1 N–H and O–H groups in total. The molecule has 21 heavy (non-hydrogen) atoms. The van der Waals surface area contributed by atoms with Crippen LogP contribution in [0.5, 0.6) is 0 Å². The normalized spacial score (nSPS) is 26.0. The highest BCUT2D eigenvalue weighted by Crippen LogP contribution is 2.31. The molecule has 0 bridgehead atoms. The molecule has 2 rings (SSSR count). The maximum Gasteiger partial charge on any atom is 0.408 e. The van der Waals surface area contributed by atoms with Crippen molar-refractivity contribution in [2.75, 3.05) is 6.61 Å². The Morgan fingerprint density at radius 2 is 2.14 bits per heavy atom. The van der Waals surface area contributed by atoms with Gasteiger partial charge in [0.2, 0.25) is 0 Å². The standard InChI is InChI=1S/C16H25NO4/c1-15(2,3)21-14(19)17-12(9-11-7-5-6-8-11)13(18)16(4)10-20-16/h7,12H,5-6,8-10H2,1-4H3,(H,17,19)/t12-,16+/m0/s1. The van der Waals surface area contributed by atoms with Crippen molar-refractivity contribution in [2.45, 2.75) is 70.6 Å². The fourth-order valence-electron chi connectivity index (χ4n) is 2.46. The maximum atomic E-state index is 12.5. The Bertz CT molecular complexity index is 457.